The first kappa shape index (κ1) is 17.3. The zero-order valence-corrected chi connectivity index (χ0v) is 11.6. The number of halogens is 8. The summed E-state index contributed by atoms with van der Waals surface area (Å²) >= 11 is 0. The van der Waals surface area contributed by atoms with Crippen LogP contribution in [0.15, 0.2) is 0 Å². The topological polar surface area (TPSA) is 0 Å². The van der Waals surface area contributed by atoms with Gasteiger partial charge in [-0.15, -0.1) is 0 Å². The Morgan fingerprint density at radius 3 is 1.22 bits per heavy atom. The van der Waals surface area contributed by atoms with E-state index in [0.29, 0.717) is 0 Å². The quantitative estimate of drug-likeness (QED) is 0.342. The maximum Gasteiger partial charge on any atom is 0.207 e. The van der Waals surface area contributed by atoms with Crippen LogP contribution in [0.25, 0.3) is 0 Å². The Balaban J connectivity index is 2.71. The highest BCUT2D eigenvalue weighted by atomic mass is 19.2. The van der Waals surface area contributed by atoms with Gasteiger partial charge in [0, 0.05) is 11.1 Å². The molecular weight excluding hydrogens is 331 g/mol. The van der Waals surface area contributed by atoms with E-state index in [9.17, 15) is 35.1 Å². The molecule has 1 radical (unpaired) electrons. The smallest absolute Gasteiger partial charge is 0.207 e. The van der Waals surface area contributed by atoms with Crippen LogP contribution < -0.4 is 10.9 Å². The second-order valence-electron chi connectivity index (χ2n) is 4.73. The molecule has 0 unspecified atom stereocenters. The standard InChI is InChI=1S/C14H6BF8/c1-3-7(16)5(13(22)14(23)10(3)19)15-6-11(20)8(17)4(2)9(18)12(6)21/h1-2H3. The van der Waals surface area contributed by atoms with Gasteiger partial charge in [0.15, 0.2) is 40.7 Å². The van der Waals surface area contributed by atoms with Crippen LogP contribution in [-0.2, 0) is 0 Å². The van der Waals surface area contributed by atoms with Crippen molar-refractivity contribution in [1.29, 1.82) is 0 Å². The summed E-state index contributed by atoms with van der Waals surface area (Å²) in [4.78, 5) is 0. The lowest BCUT2D eigenvalue weighted by Crippen LogP contribution is -2.39. The van der Waals surface area contributed by atoms with Gasteiger partial charge in [0.2, 0.25) is 7.28 Å². The molecule has 23 heavy (non-hydrogen) atoms. The minimum atomic E-state index is -2.08. The van der Waals surface area contributed by atoms with Gasteiger partial charge in [-0.05, 0) is 24.8 Å². The summed E-state index contributed by atoms with van der Waals surface area (Å²) in [6.45, 7) is 1.51. The van der Waals surface area contributed by atoms with Gasteiger partial charge in [0.1, 0.15) is 5.82 Å². The zero-order chi connectivity index (χ0) is 17.6. The Kier molecular flexibility index (Phi) is 4.41. The molecule has 2 aromatic carbocycles. The number of hydrogen-bond acceptors (Lipinski definition) is 0. The minimum absolute atomic E-state index is 0.0381. The number of benzene rings is 2. The SMILES string of the molecule is Cc1c(F)c(F)c([B]c2c(F)c(C)c(F)c(F)c2F)c(F)c1F. The van der Waals surface area contributed by atoms with E-state index in [-0.39, 0.29) is 7.28 Å². The van der Waals surface area contributed by atoms with Gasteiger partial charge >= 0.3 is 0 Å². The largest absolute Gasteiger partial charge is 0.207 e. The second kappa shape index (κ2) is 5.86. The van der Waals surface area contributed by atoms with Crippen LogP contribution in [0.3, 0.4) is 0 Å². The van der Waals surface area contributed by atoms with E-state index >= 15 is 0 Å². The molecule has 0 fully saturated rings. The Hall–Kier alpha value is -2.06. The summed E-state index contributed by atoms with van der Waals surface area (Å²) in [7, 11) is 0.0381. The van der Waals surface area contributed by atoms with Crippen molar-refractivity contribution < 1.29 is 35.1 Å². The fourth-order valence-corrected chi connectivity index (χ4v) is 1.93. The van der Waals surface area contributed by atoms with Crippen LogP contribution in [-0.4, -0.2) is 7.28 Å². The molecule has 0 aliphatic heterocycles. The highest BCUT2D eigenvalue weighted by Gasteiger charge is 2.29. The van der Waals surface area contributed by atoms with Gasteiger partial charge in [-0.1, -0.05) is 0 Å². The summed E-state index contributed by atoms with van der Waals surface area (Å²) in [6, 6.07) is 0. The lowest BCUT2D eigenvalue weighted by molar-refractivity contribution is 0.434. The Labute approximate surface area is 126 Å². The normalized spacial score (nSPS) is 11.0. The molecule has 0 aliphatic rings. The molecule has 121 valence electrons. The third-order valence-corrected chi connectivity index (χ3v) is 3.32. The van der Waals surface area contributed by atoms with Crippen LogP contribution in [0.1, 0.15) is 11.1 Å². The molecule has 0 nitrogen and oxygen atoms in total. The van der Waals surface area contributed by atoms with Crippen molar-refractivity contribution in [2.45, 2.75) is 13.8 Å². The van der Waals surface area contributed by atoms with E-state index in [1.54, 1.807) is 0 Å². The molecule has 2 rings (SSSR count). The van der Waals surface area contributed by atoms with Crippen molar-refractivity contribution in [3.63, 3.8) is 0 Å². The van der Waals surface area contributed by atoms with E-state index in [2.05, 4.69) is 0 Å². The maximum atomic E-state index is 13.8. The van der Waals surface area contributed by atoms with Crippen molar-refractivity contribution in [2.75, 3.05) is 0 Å². The van der Waals surface area contributed by atoms with Crippen molar-refractivity contribution in [3.05, 3.63) is 57.7 Å². The summed E-state index contributed by atoms with van der Waals surface area (Å²) in [5, 5.41) is 0. The molecule has 0 heterocycles. The van der Waals surface area contributed by atoms with Gasteiger partial charge in [-0.3, -0.25) is 0 Å². The third kappa shape index (κ3) is 2.57. The Morgan fingerprint density at radius 2 is 0.739 bits per heavy atom. The van der Waals surface area contributed by atoms with Gasteiger partial charge in [-0.25, -0.2) is 35.1 Å². The van der Waals surface area contributed by atoms with E-state index in [1.165, 1.54) is 0 Å². The lowest BCUT2D eigenvalue weighted by atomic mass is 9.62. The first-order chi connectivity index (χ1) is 10.6. The Bertz CT molecular complexity index is 690. The molecule has 0 amide bonds. The average molecular weight is 337 g/mol. The van der Waals surface area contributed by atoms with Crippen molar-refractivity contribution >= 4 is 18.2 Å². The van der Waals surface area contributed by atoms with Crippen LogP contribution in [0.5, 0.6) is 0 Å². The van der Waals surface area contributed by atoms with Crippen LogP contribution in [0.4, 0.5) is 35.1 Å². The molecule has 0 N–H and O–H groups in total. The lowest BCUT2D eigenvalue weighted by Gasteiger charge is -2.12. The minimum Gasteiger partial charge on any atom is -0.207 e. The zero-order valence-electron chi connectivity index (χ0n) is 11.6. The summed E-state index contributed by atoms with van der Waals surface area (Å²) in [6.07, 6.45) is 0. The van der Waals surface area contributed by atoms with Crippen LogP contribution in [0.2, 0.25) is 0 Å². The summed E-state index contributed by atoms with van der Waals surface area (Å²) in [5.74, 6) is -15.0. The first-order valence-electron chi connectivity index (χ1n) is 6.09. The summed E-state index contributed by atoms with van der Waals surface area (Å²) in [5.41, 5.74) is -4.74. The molecule has 2 aromatic rings. The highest BCUT2D eigenvalue weighted by molar-refractivity contribution is 6.67. The molecule has 0 saturated carbocycles. The van der Waals surface area contributed by atoms with Crippen molar-refractivity contribution in [3.8, 4) is 0 Å². The summed E-state index contributed by atoms with van der Waals surface area (Å²) < 4.78 is 108. The van der Waals surface area contributed by atoms with Gasteiger partial charge in [0.05, 0.1) is 0 Å². The molecule has 0 bridgehead atoms. The predicted molar refractivity (Wildman–Crippen MR) is 67.0 cm³/mol. The first-order valence-corrected chi connectivity index (χ1v) is 6.09. The molecule has 0 aliphatic carbocycles. The predicted octanol–water partition coefficient (Wildman–Crippen LogP) is 3.07. The number of hydrogen-bond donors (Lipinski definition) is 0. The van der Waals surface area contributed by atoms with Crippen LogP contribution >= 0.6 is 0 Å². The highest BCUT2D eigenvalue weighted by Crippen LogP contribution is 2.19. The molecule has 0 atom stereocenters. The average Bonchev–Trinajstić information content (AvgIpc) is 2.54. The molecule has 0 aromatic heterocycles. The third-order valence-electron chi connectivity index (χ3n) is 3.32. The monoisotopic (exact) mass is 337 g/mol. The fraction of sp³-hybridized carbons (Fsp3) is 0.143. The van der Waals surface area contributed by atoms with E-state index in [1.807, 2.05) is 0 Å². The number of rotatable bonds is 2. The molecule has 9 heteroatoms. The van der Waals surface area contributed by atoms with Gasteiger partial charge in [0.25, 0.3) is 0 Å². The molecule has 0 saturated heterocycles. The van der Waals surface area contributed by atoms with Gasteiger partial charge in [-0.2, -0.15) is 0 Å². The second-order valence-corrected chi connectivity index (χ2v) is 4.73. The van der Waals surface area contributed by atoms with Crippen LogP contribution in [0, 0.1) is 60.4 Å². The molecular formula is C14H6BF8. The molecule has 0 spiro atoms. The van der Waals surface area contributed by atoms with E-state index in [4.69, 9.17) is 0 Å². The maximum absolute atomic E-state index is 13.8. The van der Waals surface area contributed by atoms with E-state index in [0.717, 1.165) is 13.8 Å². The van der Waals surface area contributed by atoms with Crippen molar-refractivity contribution in [2.24, 2.45) is 0 Å². The van der Waals surface area contributed by atoms with E-state index < -0.39 is 68.6 Å². The fourth-order valence-electron chi connectivity index (χ4n) is 1.93. The van der Waals surface area contributed by atoms with Crippen molar-refractivity contribution in [1.82, 2.24) is 0 Å². The Morgan fingerprint density at radius 1 is 0.435 bits per heavy atom. The van der Waals surface area contributed by atoms with Gasteiger partial charge < -0.3 is 0 Å².